The maximum atomic E-state index is 5.90. The van der Waals surface area contributed by atoms with Crippen LogP contribution in [0.1, 0.15) is 23.7 Å². The number of benzene rings is 1. The summed E-state index contributed by atoms with van der Waals surface area (Å²) in [5, 5.41) is 7.79. The van der Waals surface area contributed by atoms with E-state index in [0.717, 1.165) is 48.7 Å². The number of para-hydroxylation sites is 1. The Kier molecular flexibility index (Phi) is 3.93. The summed E-state index contributed by atoms with van der Waals surface area (Å²) in [6.45, 7) is 2.79. The molecular formula is C17H21N3O3. The van der Waals surface area contributed by atoms with E-state index in [4.69, 9.17) is 14.2 Å². The lowest BCUT2D eigenvalue weighted by Crippen LogP contribution is -2.24. The van der Waals surface area contributed by atoms with Crippen molar-refractivity contribution in [1.82, 2.24) is 15.1 Å². The van der Waals surface area contributed by atoms with Gasteiger partial charge in [0.15, 0.2) is 11.5 Å². The third-order valence-electron chi connectivity index (χ3n) is 4.47. The molecule has 4 rings (SSSR count). The number of rotatable bonds is 5. The number of nitrogens with zero attached hydrogens (tertiary/aromatic N) is 2. The second-order valence-electron chi connectivity index (χ2n) is 6.07. The molecule has 0 bridgehead atoms. The molecule has 1 aromatic heterocycles. The normalized spacial score (nSPS) is 22.7. The van der Waals surface area contributed by atoms with Crippen LogP contribution >= 0.6 is 0 Å². The molecule has 0 amide bonds. The molecule has 0 aliphatic carbocycles. The van der Waals surface area contributed by atoms with Gasteiger partial charge in [0.05, 0.1) is 12.3 Å². The summed E-state index contributed by atoms with van der Waals surface area (Å²) in [6.07, 6.45) is 5.15. The van der Waals surface area contributed by atoms with Crippen molar-refractivity contribution in [1.29, 1.82) is 0 Å². The topological polar surface area (TPSA) is 57.5 Å². The molecule has 0 saturated carbocycles. The smallest absolute Gasteiger partial charge is 0.231 e. The Morgan fingerprint density at radius 2 is 2.30 bits per heavy atom. The Morgan fingerprint density at radius 3 is 3.17 bits per heavy atom. The van der Waals surface area contributed by atoms with Gasteiger partial charge < -0.3 is 19.5 Å². The fourth-order valence-corrected chi connectivity index (χ4v) is 3.32. The van der Waals surface area contributed by atoms with Crippen molar-refractivity contribution in [3.8, 4) is 11.5 Å². The SMILES string of the molecule is Cn1cc(C2OCCC2CNCc2cccc3c2OCO3)cn1. The van der Waals surface area contributed by atoms with Crippen LogP contribution in [0.25, 0.3) is 0 Å². The van der Waals surface area contributed by atoms with Crippen molar-refractivity contribution in [2.24, 2.45) is 13.0 Å². The van der Waals surface area contributed by atoms with Crippen LogP contribution in [0.2, 0.25) is 0 Å². The third-order valence-corrected chi connectivity index (χ3v) is 4.47. The van der Waals surface area contributed by atoms with Crippen LogP contribution in [0.15, 0.2) is 30.6 Å². The van der Waals surface area contributed by atoms with Gasteiger partial charge in [-0.05, 0) is 12.5 Å². The van der Waals surface area contributed by atoms with Gasteiger partial charge in [-0.1, -0.05) is 12.1 Å². The van der Waals surface area contributed by atoms with E-state index in [0.29, 0.717) is 12.7 Å². The summed E-state index contributed by atoms with van der Waals surface area (Å²) in [4.78, 5) is 0. The van der Waals surface area contributed by atoms with Gasteiger partial charge >= 0.3 is 0 Å². The van der Waals surface area contributed by atoms with Crippen molar-refractivity contribution in [2.75, 3.05) is 19.9 Å². The van der Waals surface area contributed by atoms with Crippen LogP contribution in [0.4, 0.5) is 0 Å². The molecule has 3 heterocycles. The van der Waals surface area contributed by atoms with Crippen molar-refractivity contribution < 1.29 is 14.2 Å². The molecule has 6 heteroatoms. The van der Waals surface area contributed by atoms with Gasteiger partial charge in [-0.3, -0.25) is 4.68 Å². The minimum absolute atomic E-state index is 0.136. The molecule has 0 spiro atoms. The minimum Gasteiger partial charge on any atom is -0.454 e. The zero-order chi connectivity index (χ0) is 15.6. The Bertz CT molecular complexity index is 685. The van der Waals surface area contributed by atoms with Gasteiger partial charge in [0, 0.05) is 50.0 Å². The molecule has 1 aromatic carbocycles. The largest absolute Gasteiger partial charge is 0.454 e. The molecule has 1 saturated heterocycles. The van der Waals surface area contributed by atoms with E-state index in [9.17, 15) is 0 Å². The van der Waals surface area contributed by atoms with E-state index < -0.39 is 0 Å². The summed E-state index contributed by atoms with van der Waals surface area (Å²) in [5.41, 5.74) is 2.30. The van der Waals surface area contributed by atoms with E-state index in [1.807, 2.05) is 36.3 Å². The molecule has 6 nitrogen and oxygen atoms in total. The van der Waals surface area contributed by atoms with Gasteiger partial charge in [0.1, 0.15) is 0 Å². The average molecular weight is 315 g/mol. The number of fused-ring (bicyclic) bond motifs is 1. The summed E-state index contributed by atoms with van der Waals surface area (Å²) < 4.78 is 18.7. The van der Waals surface area contributed by atoms with Gasteiger partial charge in [-0.2, -0.15) is 5.10 Å². The fraction of sp³-hybridized carbons (Fsp3) is 0.471. The molecule has 1 fully saturated rings. The van der Waals surface area contributed by atoms with Gasteiger partial charge in [0.25, 0.3) is 0 Å². The second kappa shape index (κ2) is 6.22. The molecule has 2 atom stereocenters. The summed E-state index contributed by atoms with van der Waals surface area (Å²) in [7, 11) is 1.93. The van der Waals surface area contributed by atoms with E-state index in [1.165, 1.54) is 0 Å². The molecular weight excluding hydrogens is 294 g/mol. The lowest BCUT2D eigenvalue weighted by molar-refractivity contribution is 0.0904. The number of hydrogen-bond donors (Lipinski definition) is 1. The summed E-state index contributed by atoms with van der Waals surface area (Å²) >= 11 is 0. The summed E-state index contributed by atoms with van der Waals surface area (Å²) in [6, 6.07) is 6.01. The molecule has 23 heavy (non-hydrogen) atoms. The van der Waals surface area contributed by atoms with Crippen LogP contribution in [-0.4, -0.2) is 29.7 Å². The fourth-order valence-electron chi connectivity index (χ4n) is 3.32. The van der Waals surface area contributed by atoms with E-state index in [-0.39, 0.29) is 6.10 Å². The van der Waals surface area contributed by atoms with Crippen LogP contribution in [0, 0.1) is 5.92 Å². The maximum absolute atomic E-state index is 5.90. The first-order chi connectivity index (χ1) is 11.3. The van der Waals surface area contributed by atoms with Crippen LogP contribution in [0.3, 0.4) is 0 Å². The second-order valence-corrected chi connectivity index (χ2v) is 6.07. The number of aromatic nitrogens is 2. The molecule has 2 aliphatic heterocycles. The van der Waals surface area contributed by atoms with Gasteiger partial charge in [0.2, 0.25) is 6.79 Å². The van der Waals surface area contributed by atoms with Crippen molar-refractivity contribution in [3.05, 3.63) is 41.7 Å². The monoisotopic (exact) mass is 315 g/mol. The van der Waals surface area contributed by atoms with Crippen LogP contribution in [0.5, 0.6) is 11.5 Å². The average Bonchev–Trinajstić information content (AvgIpc) is 3.26. The van der Waals surface area contributed by atoms with Crippen molar-refractivity contribution >= 4 is 0 Å². The maximum Gasteiger partial charge on any atom is 0.231 e. The first kappa shape index (κ1) is 14.5. The zero-order valence-corrected chi connectivity index (χ0v) is 13.2. The Hall–Kier alpha value is -2.05. The number of ether oxygens (including phenoxy) is 3. The Labute approximate surface area is 135 Å². The van der Waals surface area contributed by atoms with E-state index in [1.54, 1.807) is 0 Å². The predicted molar refractivity (Wildman–Crippen MR) is 84.3 cm³/mol. The lowest BCUT2D eigenvalue weighted by atomic mass is 9.97. The van der Waals surface area contributed by atoms with E-state index >= 15 is 0 Å². The Balaban J connectivity index is 1.37. The quantitative estimate of drug-likeness (QED) is 0.915. The first-order valence-electron chi connectivity index (χ1n) is 7.99. The third kappa shape index (κ3) is 2.92. The molecule has 2 unspecified atom stereocenters. The predicted octanol–water partition coefficient (Wildman–Crippen LogP) is 2.02. The van der Waals surface area contributed by atoms with Crippen LogP contribution < -0.4 is 14.8 Å². The highest BCUT2D eigenvalue weighted by Crippen LogP contribution is 2.36. The van der Waals surface area contributed by atoms with E-state index in [2.05, 4.69) is 16.5 Å². The van der Waals surface area contributed by atoms with Crippen molar-refractivity contribution in [3.63, 3.8) is 0 Å². The zero-order valence-electron chi connectivity index (χ0n) is 13.2. The molecule has 2 aliphatic rings. The van der Waals surface area contributed by atoms with Gasteiger partial charge in [-0.25, -0.2) is 0 Å². The van der Waals surface area contributed by atoms with Crippen molar-refractivity contribution in [2.45, 2.75) is 19.1 Å². The molecule has 122 valence electrons. The highest BCUT2D eigenvalue weighted by Gasteiger charge is 2.30. The number of nitrogens with one attached hydrogen (secondary N) is 1. The molecule has 1 N–H and O–H groups in total. The highest BCUT2D eigenvalue weighted by molar-refractivity contribution is 5.48. The molecule has 2 aromatic rings. The van der Waals surface area contributed by atoms with Crippen LogP contribution in [-0.2, 0) is 18.3 Å². The highest BCUT2D eigenvalue weighted by atomic mass is 16.7. The molecule has 0 radical (unpaired) electrons. The number of hydrogen-bond acceptors (Lipinski definition) is 5. The lowest BCUT2D eigenvalue weighted by Gasteiger charge is -2.18. The first-order valence-corrected chi connectivity index (χ1v) is 7.99. The summed E-state index contributed by atoms with van der Waals surface area (Å²) in [5.74, 6) is 2.17. The minimum atomic E-state index is 0.136. The number of aryl methyl sites for hydroxylation is 1. The standard InChI is InChI=1S/C17H21N3O3/c1-20-10-14(9-19-20)16-13(5-6-21-16)8-18-7-12-3-2-4-15-17(12)23-11-22-15/h2-4,9-10,13,16,18H,5-8,11H2,1H3. The van der Waals surface area contributed by atoms with Gasteiger partial charge in [-0.15, -0.1) is 0 Å². The Morgan fingerprint density at radius 1 is 1.35 bits per heavy atom.